The summed E-state index contributed by atoms with van der Waals surface area (Å²) < 4.78 is 38.5. The Morgan fingerprint density at radius 1 is 1.27 bits per heavy atom. The molecule has 6 heteroatoms. The fourth-order valence-corrected chi connectivity index (χ4v) is 1.44. The maximum absolute atomic E-state index is 13.1. The van der Waals surface area contributed by atoms with Crippen molar-refractivity contribution in [2.75, 3.05) is 6.54 Å². The molecule has 1 rings (SSSR count). The second-order valence-corrected chi connectivity index (χ2v) is 3.66. The Bertz CT molecular complexity index is 409. The predicted molar refractivity (Wildman–Crippen MR) is 52.0 cm³/mol. The van der Waals surface area contributed by atoms with E-state index in [2.05, 4.69) is 15.9 Å². The van der Waals surface area contributed by atoms with Gasteiger partial charge in [0.1, 0.15) is 0 Å². The Morgan fingerprint density at radius 3 is 2.40 bits per heavy atom. The number of hydrogen-bond donors (Lipinski definition) is 1. The van der Waals surface area contributed by atoms with E-state index < -0.39 is 28.8 Å². The van der Waals surface area contributed by atoms with Gasteiger partial charge in [0, 0.05) is 6.42 Å². The topological polar surface area (TPSA) is 43.1 Å². The number of hydrogen-bond acceptors (Lipinski definition) is 2. The standard InChI is InChI=1S/C9H7BrF3NO/c10-5-3-4(6(15)1-2-14)7(11)9(13)8(5)12/h3H,1-2,14H2. The fraction of sp³-hybridized carbons (Fsp3) is 0.222. The predicted octanol–water partition coefficient (Wildman–Crippen LogP) is 2.40. The molecule has 0 unspecified atom stereocenters. The summed E-state index contributed by atoms with van der Waals surface area (Å²) in [6.07, 6.45) is -0.117. The Hall–Kier alpha value is -0.880. The van der Waals surface area contributed by atoms with Crippen LogP contribution in [-0.2, 0) is 0 Å². The van der Waals surface area contributed by atoms with Crippen molar-refractivity contribution >= 4 is 21.7 Å². The van der Waals surface area contributed by atoms with Gasteiger partial charge in [0.25, 0.3) is 0 Å². The van der Waals surface area contributed by atoms with E-state index >= 15 is 0 Å². The zero-order valence-electron chi connectivity index (χ0n) is 7.49. The first kappa shape index (κ1) is 12.2. The van der Waals surface area contributed by atoms with Gasteiger partial charge in [-0.25, -0.2) is 13.2 Å². The van der Waals surface area contributed by atoms with Crippen molar-refractivity contribution in [2.24, 2.45) is 5.73 Å². The number of halogens is 4. The highest BCUT2D eigenvalue weighted by molar-refractivity contribution is 9.10. The molecule has 2 N–H and O–H groups in total. The zero-order chi connectivity index (χ0) is 11.6. The molecule has 0 fully saturated rings. The van der Waals surface area contributed by atoms with Gasteiger partial charge in [-0.15, -0.1) is 0 Å². The molecule has 0 bridgehead atoms. The lowest BCUT2D eigenvalue weighted by molar-refractivity contribution is 0.0980. The van der Waals surface area contributed by atoms with Crippen LogP contribution in [0, 0.1) is 17.5 Å². The van der Waals surface area contributed by atoms with Crippen LogP contribution in [0.25, 0.3) is 0 Å². The summed E-state index contributed by atoms with van der Waals surface area (Å²) in [6, 6.07) is 0.908. The van der Waals surface area contributed by atoms with Gasteiger partial charge in [-0.1, -0.05) is 0 Å². The second-order valence-electron chi connectivity index (χ2n) is 2.81. The molecule has 0 radical (unpaired) electrons. The molecule has 0 spiro atoms. The van der Waals surface area contributed by atoms with Crippen LogP contribution in [0.5, 0.6) is 0 Å². The second kappa shape index (κ2) is 4.76. The maximum Gasteiger partial charge on any atom is 0.196 e. The number of ketones is 1. The van der Waals surface area contributed by atoms with Gasteiger partial charge < -0.3 is 5.73 Å². The molecule has 0 aliphatic heterocycles. The van der Waals surface area contributed by atoms with Crippen LogP contribution in [0.15, 0.2) is 10.5 Å². The van der Waals surface area contributed by atoms with E-state index in [1.54, 1.807) is 0 Å². The van der Waals surface area contributed by atoms with Crippen LogP contribution < -0.4 is 5.73 Å². The van der Waals surface area contributed by atoms with Gasteiger partial charge >= 0.3 is 0 Å². The van der Waals surface area contributed by atoms with E-state index in [-0.39, 0.29) is 17.4 Å². The minimum atomic E-state index is -1.66. The Labute approximate surface area is 92.4 Å². The van der Waals surface area contributed by atoms with Crippen molar-refractivity contribution in [3.05, 3.63) is 33.6 Å². The van der Waals surface area contributed by atoms with Crippen molar-refractivity contribution in [3.8, 4) is 0 Å². The number of nitrogens with two attached hydrogens (primary N) is 1. The smallest absolute Gasteiger partial charge is 0.196 e. The van der Waals surface area contributed by atoms with Crippen LogP contribution in [0.2, 0.25) is 0 Å². The van der Waals surface area contributed by atoms with Crippen molar-refractivity contribution in [3.63, 3.8) is 0 Å². The molecule has 15 heavy (non-hydrogen) atoms. The van der Waals surface area contributed by atoms with Crippen molar-refractivity contribution in [1.29, 1.82) is 0 Å². The van der Waals surface area contributed by atoms with E-state index in [1.807, 2.05) is 0 Å². The fourth-order valence-electron chi connectivity index (χ4n) is 1.04. The third-order valence-electron chi connectivity index (χ3n) is 1.77. The molecule has 2 nitrogen and oxygen atoms in total. The first-order valence-electron chi connectivity index (χ1n) is 4.05. The normalized spacial score (nSPS) is 10.5. The quantitative estimate of drug-likeness (QED) is 0.525. The van der Waals surface area contributed by atoms with Gasteiger partial charge in [0.2, 0.25) is 0 Å². The zero-order valence-corrected chi connectivity index (χ0v) is 9.08. The van der Waals surface area contributed by atoms with Crippen LogP contribution in [0.1, 0.15) is 16.8 Å². The highest BCUT2D eigenvalue weighted by Crippen LogP contribution is 2.24. The molecular weight excluding hydrogens is 275 g/mol. The molecule has 1 aromatic carbocycles. The molecule has 82 valence electrons. The number of rotatable bonds is 3. The summed E-state index contributed by atoms with van der Waals surface area (Å²) in [5, 5.41) is 0. The van der Waals surface area contributed by atoms with E-state index in [1.165, 1.54) is 0 Å². The molecule has 0 saturated heterocycles. The largest absolute Gasteiger partial charge is 0.330 e. The van der Waals surface area contributed by atoms with Gasteiger partial charge in [-0.05, 0) is 28.5 Å². The first-order valence-corrected chi connectivity index (χ1v) is 4.84. The molecule has 0 amide bonds. The van der Waals surface area contributed by atoms with Crippen LogP contribution in [0.3, 0.4) is 0 Å². The van der Waals surface area contributed by atoms with Gasteiger partial charge in [0.05, 0.1) is 10.0 Å². The molecule has 0 heterocycles. The van der Waals surface area contributed by atoms with E-state index in [9.17, 15) is 18.0 Å². The Balaban J connectivity index is 3.26. The maximum atomic E-state index is 13.1. The average Bonchev–Trinajstić information content (AvgIpc) is 2.20. The Kier molecular flexibility index (Phi) is 3.87. The van der Waals surface area contributed by atoms with E-state index in [0.717, 1.165) is 6.07 Å². The van der Waals surface area contributed by atoms with E-state index in [0.29, 0.717) is 0 Å². The summed E-state index contributed by atoms with van der Waals surface area (Å²) in [6.45, 7) is 0.0227. The number of benzene rings is 1. The number of Topliss-reactive ketones (excluding diaryl/α,β-unsaturated/α-hetero) is 1. The summed E-state index contributed by atoms with van der Waals surface area (Å²) in [5.41, 5.74) is 4.61. The Morgan fingerprint density at radius 2 is 1.87 bits per heavy atom. The third kappa shape index (κ3) is 2.38. The van der Waals surface area contributed by atoms with Crippen molar-refractivity contribution in [2.45, 2.75) is 6.42 Å². The minimum Gasteiger partial charge on any atom is -0.330 e. The van der Waals surface area contributed by atoms with Crippen LogP contribution in [0.4, 0.5) is 13.2 Å². The summed E-state index contributed by atoms with van der Waals surface area (Å²) >= 11 is 2.69. The SMILES string of the molecule is NCCC(=O)c1cc(Br)c(F)c(F)c1F. The average molecular weight is 282 g/mol. The first-order chi connectivity index (χ1) is 6.99. The van der Waals surface area contributed by atoms with Gasteiger partial charge in [-0.3, -0.25) is 4.79 Å². The molecule has 0 aromatic heterocycles. The third-order valence-corrected chi connectivity index (χ3v) is 2.35. The minimum absolute atomic E-state index is 0.0227. The van der Waals surface area contributed by atoms with Crippen LogP contribution >= 0.6 is 15.9 Å². The van der Waals surface area contributed by atoms with E-state index in [4.69, 9.17) is 5.73 Å². The lowest BCUT2D eigenvalue weighted by Crippen LogP contribution is -2.11. The highest BCUT2D eigenvalue weighted by Gasteiger charge is 2.21. The molecule has 0 saturated carbocycles. The highest BCUT2D eigenvalue weighted by atomic mass is 79.9. The lowest BCUT2D eigenvalue weighted by Gasteiger charge is -2.04. The van der Waals surface area contributed by atoms with Gasteiger partial charge in [-0.2, -0.15) is 0 Å². The van der Waals surface area contributed by atoms with Crippen LogP contribution in [-0.4, -0.2) is 12.3 Å². The summed E-state index contributed by atoms with van der Waals surface area (Å²) in [5.74, 6) is -5.15. The molecular formula is C9H7BrF3NO. The van der Waals surface area contributed by atoms with Gasteiger partial charge in [0.15, 0.2) is 23.2 Å². The number of carbonyl (C=O) groups is 1. The van der Waals surface area contributed by atoms with Crippen molar-refractivity contribution in [1.82, 2.24) is 0 Å². The lowest BCUT2D eigenvalue weighted by atomic mass is 10.1. The number of carbonyl (C=O) groups excluding carboxylic acids is 1. The summed E-state index contributed by atoms with van der Waals surface area (Å²) in [4.78, 5) is 11.3. The molecule has 1 aromatic rings. The molecule has 0 atom stereocenters. The van der Waals surface area contributed by atoms with Crippen molar-refractivity contribution < 1.29 is 18.0 Å². The summed E-state index contributed by atoms with van der Waals surface area (Å²) in [7, 11) is 0. The molecule has 0 aliphatic rings. The monoisotopic (exact) mass is 281 g/mol. The molecule has 0 aliphatic carbocycles.